The van der Waals surface area contributed by atoms with Crippen molar-refractivity contribution in [2.75, 3.05) is 13.1 Å². The van der Waals surface area contributed by atoms with Crippen LogP contribution in [0.25, 0.3) is 0 Å². The Morgan fingerprint density at radius 3 is 2.50 bits per heavy atom. The maximum atomic E-state index is 6.47. The average Bonchev–Trinajstić information content (AvgIpc) is 2.65. The molecule has 1 aromatic rings. The molecule has 1 rings (SSSR count). The van der Waals surface area contributed by atoms with E-state index in [0.29, 0.717) is 11.8 Å². The van der Waals surface area contributed by atoms with Crippen LogP contribution in [0.1, 0.15) is 51.9 Å². The van der Waals surface area contributed by atoms with E-state index in [0.717, 1.165) is 36.6 Å². The zero-order valence-corrected chi connectivity index (χ0v) is 14.4. The van der Waals surface area contributed by atoms with Crippen LogP contribution in [0, 0.1) is 11.8 Å². The third kappa shape index (κ3) is 5.10. The smallest absolute Gasteiger partial charge is 0.0849 e. The molecule has 0 aliphatic rings. The van der Waals surface area contributed by atoms with Gasteiger partial charge < -0.3 is 5.32 Å². The van der Waals surface area contributed by atoms with Crippen LogP contribution in [-0.2, 0) is 19.9 Å². The molecule has 4 heteroatoms. The molecule has 0 fully saturated rings. The van der Waals surface area contributed by atoms with E-state index in [-0.39, 0.29) is 0 Å². The molecule has 0 bridgehead atoms. The molecular weight excluding hydrogens is 270 g/mol. The quantitative estimate of drug-likeness (QED) is 0.702. The summed E-state index contributed by atoms with van der Waals surface area (Å²) in [5.74, 6) is 1.33. The topological polar surface area (TPSA) is 29.9 Å². The van der Waals surface area contributed by atoms with Crippen molar-refractivity contribution in [2.45, 2.75) is 53.4 Å². The SMILES string of the molecule is CCCNCC(Cc1c(Cl)c(CC)nn1C)CC(C)C. The molecule has 0 spiro atoms. The minimum atomic E-state index is 0.624. The minimum absolute atomic E-state index is 0.624. The fraction of sp³-hybridized carbons (Fsp3) is 0.812. The van der Waals surface area contributed by atoms with Crippen LogP contribution >= 0.6 is 11.6 Å². The zero-order valence-electron chi connectivity index (χ0n) is 13.7. The summed E-state index contributed by atoms with van der Waals surface area (Å²) in [7, 11) is 2.01. The number of rotatable bonds is 9. The van der Waals surface area contributed by atoms with Crippen molar-refractivity contribution in [2.24, 2.45) is 18.9 Å². The van der Waals surface area contributed by atoms with Crippen molar-refractivity contribution in [3.63, 3.8) is 0 Å². The highest BCUT2D eigenvalue weighted by atomic mass is 35.5. The Bertz CT molecular complexity index is 399. The molecule has 0 radical (unpaired) electrons. The van der Waals surface area contributed by atoms with Gasteiger partial charge in [-0.05, 0) is 50.6 Å². The van der Waals surface area contributed by atoms with Gasteiger partial charge in [-0.3, -0.25) is 4.68 Å². The van der Waals surface area contributed by atoms with Gasteiger partial charge in [0.25, 0.3) is 0 Å². The fourth-order valence-corrected chi connectivity index (χ4v) is 3.07. The van der Waals surface area contributed by atoms with Crippen LogP contribution in [0.15, 0.2) is 0 Å². The summed E-state index contributed by atoms with van der Waals surface area (Å²) in [6.45, 7) is 11.0. The van der Waals surface area contributed by atoms with Gasteiger partial charge in [0.15, 0.2) is 0 Å². The third-order valence-electron chi connectivity index (χ3n) is 3.65. The standard InChI is InChI=1S/C16H30ClN3/c1-6-8-18-11-13(9-12(3)4)10-15-16(17)14(7-2)19-20(15)5/h12-13,18H,6-11H2,1-5H3. The molecule has 3 nitrogen and oxygen atoms in total. The maximum Gasteiger partial charge on any atom is 0.0849 e. The normalized spacial score (nSPS) is 13.2. The van der Waals surface area contributed by atoms with Crippen LogP contribution in [0.3, 0.4) is 0 Å². The van der Waals surface area contributed by atoms with Gasteiger partial charge in [-0.25, -0.2) is 0 Å². The lowest BCUT2D eigenvalue weighted by atomic mass is 9.92. The summed E-state index contributed by atoms with van der Waals surface area (Å²) >= 11 is 6.47. The van der Waals surface area contributed by atoms with E-state index in [4.69, 9.17) is 11.6 Å². The van der Waals surface area contributed by atoms with E-state index in [1.165, 1.54) is 18.5 Å². The summed E-state index contributed by atoms with van der Waals surface area (Å²) < 4.78 is 1.97. The highest BCUT2D eigenvalue weighted by Crippen LogP contribution is 2.25. The average molecular weight is 300 g/mol. The van der Waals surface area contributed by atoms with E-state index in [1.54, 1.807) is 0 Å². The van der Waals surface area contributed by atoms with E-state index < -0.39 is 0 Å². The molecule has 1 aromatic heterocycles. The van der Waals surface area contributed by atoms with Crippen LogP contribution in [-0.4, -0.2) is 22.9 Å². The first-order chi connectivity index (χ1) is 9.49. The van der Waals surface area contributed by atoms with Crippen LogP contribution in [0.4, 0.5) is 0 Å². The molecule has 1 atom stereocenters. The number of hydrogen-bond donors (Lipinski definition) is 1. The Balaban J connectivity index is 2.75. The molecule has 1 heterocycles. The van der Waals surface area contributed by atoms with E-state index in [2.05, 4.69) is 38.1 Å². The van der Waals surface area contributed by atoms with Gasteiger partial charge in [0.1, 0.15) is 0 Å². The van der Waals surface area contributed by atoms with Crippen molar-refractivity contribution in [1.29, 1.82) is 0 Å². The Morgan fingerprint density at radius 2 is 2.00 bits per heavy atom. The van der Waals surface area contributed by atoms with Gasteiger partial charge in [0, 0.05) is 7.05 Å². The third-order valence-corrected chi connectivity index (χ3v) is 4.09. The summed E-state index contributed by atoms with van der Waals surface area (Å²) in [5, 5.41) is 8.94. The number of nitrogens with one attached hydrogen (secondary N) is 1. The van der Waals surface area contributed by atoms with Crippen LogP contribution in [0.5, 0.6) is 0 Å². The molecule has 0 aromatic carbocycles. The van der Waals surface area contributed by atoms with Gasteiger partial charge in [-0.1, -0.05) is 39.3 Å². The molecule has 0 amide bonds. The largest absolute Gasteiger partial charge is 0.316 e. The second-order valence-electron chi connectivity index (χ2n) is 6.09. The predicted octanol–water partition coefficient (Wildman–Crippen LogP) is 3.84. The molecule has 20 heavy (non-hydrogen) atoms. The summed E-state index contributed by atoms with van der Waals surface area (Å²) in [5.41, 5.74) is 2.21. The molecule has 0 saturated heterocycles. The Labute approximate surface area is 129 Å². The lowest BCUT2D eigenvalue weighted by Crippen LogP contribution is -2.26. The van der Waals surface area contributed by atoms with Crippen molar-refractivity contribution in [3.8, 4) is 0 Å². The molecule has 1 N–H and O–H groups in total. The lowest BCUT2D eigenvalue weighted by molar-refractivity contribution is 0.378. The Morgan fingerprint density at radius 1 is 1.30 bits per heavy atom. The van der Waals surface area contributed by atoms with Crippen molar-refractivity contribution < 1.29 is 0 Å². The van der Waals surface area contributed by atoms with Gasteiger partial charge in [0.2, 0.25) is 0 Å². The summed E-state index contributed by atoms with van der Waals surface area (Å²) in [6, 6.07) is 0. The molecule has 0 aliphatic heterocycles. The fourth-order valence-electron chi connectivity index (χ4n) is 2.70. The van der Waals surface area contributed by atoms with Gasteiger partial charge >= 0.3 is 0 Å². The van der Waals surface area contributed by atoms with Crippen molar-refractivity contribution in [1.82, 2.24) is 15.1 Å². The first-order valence-electron chi connectivity index (χ1n) is 7.90. The molecule has 116 valence electrons. The van der Waals surface area contributed by atoms with E-state index in [1.807, 2.05) is 11.7 Å². The summed E-state index contributed by atoms with van der Waals surface area (Å²) in [6.07, 6.45) is 4.31. The lowest BCUT2D eigenvalue weighted by Gasteiger charge is -2.20. The first-order valence-corrected chi connectivity index (χ1v) is 8.28. The molecule has 0 saturated carbocycles. The number of aromatic nitrogens is 2. The number of nitrogens with zero attached hydrogens (tertiary/aromatic N) is 2. The first kappa shape index (κ1) is 17.5. The van der Waals surface area contributed by atoms with Crippen LogP contribution < -0.4 is 5.32 Å². The molecule has 1 unspecified atom stereocenters. The van der Waals surface area contributed by atoms with Crippen molar-refractivity contribution in [3.05, 3.63) is 16.4 Å². The van der Waals surface area contributed by atoms with Crippen LogP contribution in [0.2, 0.25) is 5.02 Å². The van der Waals surface area contributed by atoms with Gasteiger partial charge in [-0.15, -0.1) is 0 Å². The highest BCUT2D eigenvalue weighted by Gasteiger charge is 2.18. The van der Waals surface area contributed by atoms with Gasteiger partial charge in [0.05, 0.1) is 16.4 Å². The summed E-state index contributed by atoms with van der Waals surface area (Å²) in [4.78, 5) is 0. The Kier molecular flexibility index (Phi) is 7.60. The molecular formula is C16H30ClN3. The molecule has 0 aliphatic carbocycles. The van der Waals surface area contributed by atoms with E-state index >= 15 is 0 Å². The zero-order chi connectivity index (χ0) is 15.1. The van der Waals surface area contributed by atoms with Gasteiger partial charge in [-0.2, -0.15) is 5.10 Å². The monoisotopic (exact) mass is 299 g/mol. The predicted molar refractivity (Wildman–Crippen MR) is 87.4 cm³/mol. The van der Waals surface area contributed by atoms with E-state index in [9.17, 15) is 0 Å². The maximum absolute atomic E-state index is 6.47. The Hall–Kier alpha value is -0.540. The second-order valence-corrected chi connectivity index (χ2v) is 6.47. The number of hydrogen-bond acceptors (Lipinski definition) is 2. The van der Waals surface area contributed by atoms with Crippen molar-refractivity contribution >= 4 is 11.6 Å². The second kappa shape index (κ2) is 8.68. The highest BCUT2D eigenvalue weighted by molar-refractivity contribution is 6.31. The minimum Gasteiger partial charge on any atom is -0.316 e. The number of halogens is 1. The number of aryl methyl sites for hydroxylation is 2.